The molecule has 1 amide bonds. The molecular weight excluding hydrogens is 324 g/mol. The van der Waals surface area contributed by atoms with Crippen LogP contribution in [0.3, 0.4) is 0 Å². The van der Waals surface area contributed by atoms with Crippen LogP contribution in [0.2, 0.25) is 0 Å². The van der Waals surface area contributed by atoms with Crippen LogP contribution in [0.25, 0.3) is 11.3 Å². The van der Waals surface area contributed by atoms with Gasteiger partial charge in [-0.25, -0.2) is 0 Å². The molecule has 0 unspecified atom stereocenters. The lowest BCUT2D eigenvalue weighted by Gasteiger charge is -2.14. The Morgan fingerprint density at radius 1 is 0.840 bits per heavy atom. The molecule has 0 fully saturated rings. The number of azo groups is 1. The number of hydrogen-bond donors (Lipinski definition) is 1. The summed E-state index contributed by atoms with van der Waals surface area (Å²) >= 11 is 0. The predicted octanol–water partition coefficient (Wildman–Crippen LogP) is 3.28. The molecule has 128 valence electrons. The number of methoxy groups -OCH3 is 3. The van der Waals surface area contributed by atoms with Crippen molar-refractivity contribution in [2.75, 3.05) is 21.3 Å². The third-order valence-corrected chi connectivity index (χ3v) is 3.79. The van der Waals surface area contributed by atoms with Crippen molar-refractivity contribution in [1.82, 2.24) is 0 Å². The highest BCUT2D eigenvalue weighted by atomic mass is 16.5. The summed E-state index contributed by atoms with van der Waals surface area (Å²) in [5.74, 6) is 1.00. The molecular formula is C18H16N2O5. The third kappa shape index (κ3) is 2.91. The fourth-order valence-electron chi connectivity index (χ4n) is 2.60. The van der Waals surface area contributed by atoms with Crippen molar-refractivity contribution in [3.8, 4) is 23.0 Å². The van der Waals surface area contributed by atoms with E-state index >= 15 is 0 Å². The van der Waals surface area contributed by atoms with Crippen molar-refractivity contribution in [3.05, 3.63) is 47.5 Å². The normalized spacial score (nSPS) is 13.3. The number of carbonyl (C=O) groups excluding carboxylic acids is 1. The average Bonchev–Trinajstić information content (AvgIpc) is 3.02. The van der Waals surface area contributed by atoms with Gasteiger partial charge in [0.05, 0.1) is 26.9 Å². The standard InChI is InChI=1S/C18H16N2O5/c1-23-13-8-11(9-14(24-2)17(13)25-3)16-15(18(22)20-19-16)10-4-6-12(21)7-5-10/h4-9,21H,1-3H3. The van der Waals surface area contributed by atoms with Crippen molar-refractivity contribution < 1.29 is 24.1 Å². The molecule has 3 rings (SSSR count). The summed E-state index contributed by atoms with van der Waals surface area (Å²) < 4.78 is 16.0. The number of ether oxygens (including phenoxy) is 3. The summed E-state index contributed by atoms with van der Waals surface area (Å²) in [6, 6.07) is 9.68. The minimum absolute atomic E-state index is 0.109. The van der Waals surface area contributed by atoms with E-state index in [9.17, 15) is 9.90 Å². The van der Waals surface area contributed by atoms with E-state index in [-0.39, 0.29) is 5.75 Å². The smallest absolute Gasteiger partial charge is 0.298 e. The van der Waals surface area contributed by atoms with Gasteiger partial charge >= 0.3 is 0 Å². The Morgan fingerprint density at radius 2 is 1.44 bits per heavy atom. The first-order chi connectivity index (χ1) is 12.1. The highest BCUT2D eigenvalue weighted by molar-refractivity contribution is 6.29. The molecule has 0 aromatic heterocycles. The maximum atomic E-state index is 12.2. The van der Waals surface area contributed by atoms with Crippen LogP contribution >= 0.6 is 0 Å². The van der Waals surface area contributed by atoms with Crippen LogP contribution in [0.15, 0.2) is 46.6 Å². The molecule has 0 radical (unpaired) electrons. The van der Waals surface area contributed by atoms with Crippen molar-refractivity contribution in [2.45, 2.75) is 0 Å². The van der Waals surface area contributed by atoms with Gasteiger partial charge in [0.25, 0.3) is 5.91 Å². The number of carbonyl (C=O) groups is 1. The van der Waals surface area contributed by atoms with Crippen LogP contribution < -0.4 is 14.2 Å². The Bertz CT molecular complexity index is 860. The van der Waals surface area contributed by atoms with E-state index in [1.165, 1.54) is 33.5 Å². The van der Waals surface area contributed by atoms with Gasteiger partial charge in [0.1, 0.15) is 11.4 Å². The third-order valence-electron chi connectivity index (χ3n) is 3.79. The molecule has 2 aromatic rings. The lowest BCUT2D eigenvalue weighted by atomic mass is 9.99. The zero-order chi connectivity index (χ0) is 18.0. The summed E-state index contributed by atoms with van der Waals surface area (Å²) in [5.41, 5.74) is 1.95. The van der Waals surface area contributed by atoms with E-state index in [2.05, 4.69) is 10.2 Å². The lowest BCUT2D eigenvalue weighted by Crippen LogP contribution is -1.99. The molecule has 0 saturated heterocycles. The van der Waals surface area contributed by atoms with Gasteiger partial charge in [0.15, 0.2) is 11.5 Å². The van der Waals surface area contributed by atoms with Crippen LogP contribution in [0.1, 0.15) is 11.1 Å². The van der Waals surface area contributed by atoms with Crippen molar-refractivity contribution in [3.63, 3.8) is 0 Å². The fourth-order valence-corrected chi connectivity index (χ4v) is 2.60. The number of amides is 1. The molecule has 0 bridgehead atoms. The quantitative estimate of drug-likeness (QED) is 0.902. The van der Waals surface area contributed by atoms with E-state index in [1.54, 1.807) is 24.3 Å². The fraction of sp³-hybridized carbons (Fsp3) is 0.167. The number of phenols is 1. The number of hydrogen-bond acceptors (Lipinski definition) is 6. The molecule has 0 atom stereocenters. The van der Waals surface area contributed by atoms with Gasteiger partial charge in [-0.1, -0.05) is 12.1 Å². The van der Waals surface area contributed by atoms with E-state index in [0.717, 1.165) is 0 Å². The van der Waals surface area contributed by atoms with Gasteiger partial charge < -0.3 is 19.3 Å². The van der Waals surface area contributed by atoms with Crippen LogP contribution in [0.5, 0.6) is 23.0 Å². The number of benzene rings is 2. The largest absolute Gasteiger partial charge is 0.508 e. The molecule has 1 N–H and O–H groups in total. The minimum Gasteiger partial charge on any atom is -0.508 e. The van der Waals surface area contributed by atoms with Gasteiger partial charge in [-0.05, 0) is 29.8 Å². The molecule has 2 aromatic carbocycles. The van der Waals surface area contributed by atoms with Gasteiger partial charge in [-0.3, -0.25) is 4.79 Å². The van der Waals surface area contributed by atoms with E-state index in [1.807, 2.05) is 0 Å². The molecule has 0 aliphatic carbocycles. The SMILES string of the molecule is COc1cc(C2=C(c3ccc(O)cc3)C(=O)N=N2)cc(OC)c1OC. The first kappa shape index (κ1) is 16.5. The topological polar surface area (TPSA) is 89.7 Å². The van der Waals surface area contributed by atoms with Gasteiger partial charge in [-0.15, -0.1) is 10.2 Å². The molecule has 25 heavy (non-hydrogen) atoms. The molecule has 7 heteroatoms. The van der Waals surface area contributed by atoms with Crippen LogP contribution in [-0.2, 0) is 4.79 Å². The zero-order valence-corrected chi connectivity index (χ0v) is 13.9. The maximum Gasteiger partial charge on any atom is 0.298 e. The molecule has 7 nitrogen and oxygen atoms in total. The predicted molar refractivity (Wildman–Crippen MR) is 90.9 cm³/mol. The van der Waals surface area contributed by atoms with Gasteiger partial charge in [-0.2, -0.15) is 0 Å². The van der Waals surface area contributed by atoms with Crippen molar-refractivity contribution in [1.29, 1.82) is 0 Å². The summed E-state index contributed by atoms with van der Waals surface area (Å²) in [4.78, 5) is 12.2. The van der Waals surface area contributed by atoms with E-state index < -0.39 is 5.91 Å². The second-order valence-electron chi connectivity index (χ2n) is 5.19. The van der Waals surface area contributed by atoms with Crippen LogP contribution in [-0.4, -0.2) is 32.3 Å². The van der Waals surface area contributed by atoms with Crippen LogP contribution in [0, 0.1) is 0 Å². The van der Waals surface area contributed by atoms with E-state index in [4.69, 9.17) is 14.2 Å². The first-order valence-corrected chi connectivity index (χ1v) is 7.39. The molecule has 1 heterocycles. The summed E-state index contributed by atoms with van der Waals surface area (Å²) in [6.45, 7) is 0. The Hall–Kier alpha value is -3.35. The molecule has 1 aliphatic rings. The maximum absolute atomic E-state index is 12.2. The number of phenolic OH excluding ortho intramolecular Hbond substituents is 1. The lowest BCUT2D eigenvalue weighted by molar-refractivity contribution is -0.112. The summed E-state index contributed by atoms with van der Waals surface area (Å²) in [5, 5.41) is 17.1. The highest BCUT2D eigenvalue weighted by Gasteiger charge is 2.26. The zero-order valence-electron chi connectivity index (χ0n) is 13.9. The molecule has 0 saturated carbocycles. The first-order valence-electron chi connectivity index (χ1n) is 7.39. The Labute approximate surface area is 144 Å². The molecule has 1 aliphatic heterocycles. The van der Waals surface area contributed by atoms with E-state index in [0.29, 0.717) is 39.6 Å². The summed E-state index contributed by atoms with van der Waals surface area (Å²) in [6.07, 6.45) is 0. The van der Waals surface area contributed by atoms with Gasteiger partial charge in [0.2, 0.25) is 5.75 Å². The van der Waals surface area contributed by atoms with Crippen molar-refractivity contribution >= 4 is 17.2 Å². The Balaban J connectivity index is 2.20. The second-order valence-corrected chi connectivity index (χ2v) is 5.19. The number of rotatable bonds is 5. The Morgan fingerprint density at radius 3 is 1.96 bits per heavy atom. The monoisotopic (exact) mass is 340 g/mol. The number of aromatic hydroxyl groups is 1. The van der Waals surface area contributed by atoms with Crippen LogP contribution in [0.4, 0.5) is 0 Å². The second kappa shape index (κ2) is 6.64. The minimum atomic E-state index is -0.450. The molecule has 0 spiro atoms. The highest BCUT2D eigenvalue weighted by Crippen LogP contribution is 2.43. The van der Waals surface area contributed by atoms with Gasteiger partial charge in [0, 0.05) is 5.56 Å². The summed E-state index contributed by atoms with van der Waals surface area (Å²) in [7, 11) is 4.54. The average molecular weight is 340 g/mol. The number of nitrogens with zero attached hydrogens (tertiary/aromatic N) is 2. The Kier molecular flexibility index (Phi) is 4.38. The van der Waals surface area contributed by atoms with Crippen molar-refractivity contribution in [2.24, 2.45) is 10.2 Å².